The summed E-state index contributed by atoms with van der Waals surface area (Å²) in [6.07, 6.45) is 3.24. The summed E-state index contributed by atoms with van der Waals surface area (Å²) in [6, 6.07) is 12.0. The molecule has 2 heterocycles. The minimum absolute atomic E-state index is 0.0339. The Balaban J connectivity index is 1.86. The number of anilines is 2. The molecular formula is C28H40N2O4S2. The van der Waals surface area contributed by atoms with Crippen LogP contribution in [0, 0.1) is 0 Å². The van der Waals surface area contributed by atoms with Crippen LogP contribution in [0.2, 0.25) is 0 Å². The second-order valence-corrected chi connectivity index (χ2v) is 16.2. The normalized spacial score (nSPS) is 22.6. The Morgan fingerprint density at radius 1 is 0.806 bits per heavy atom. The van der Waals surface area contributed by atoms with Gasteiger partial charge in [-0.15, -0.1) is 0 Å². The average molecular weight is 533 g/mol. The van der Waals surface area contributed by atoms with E-state index in [0.717, 1.165) is 33.6 Å². The number of para-hydroxylation sites is 2. The molecule has 8 heteroatoms. The van der Waals surface area contributed by atoms with Gasteiger partial charge in [-0.1, -0.05) is 77.9 Å². The highest BCUT2D eigenvalue weighted by Gasteiger charge is 2.46. The van der Waals surface area contributed by atoms with E-state index in [0.29, 0.717) is 13.0 Å². The molecule has 3 unspecified atom stereocenters. The first-order valence-electron chi connectivity index (χ1n) is 12.6. The summed E-state index contributed by atoms with van der Waals surface area (Å²) in [6.45, 7) is 15.1. The van der Waals surface area contributed by atoms with Crippen molar-refractivity contribution in [2.24, 2.45) is 0 Å². The number of rotatable bonds is 5. The lowest BCUT2D eigenvalue weighted by Gasteiger charge is -2.34. The van der Waals surface area contributed by atoms with Crippen LogP contribution in [0.15, 0.2) is 36.4 Å². The van der Waals surface area contributed by atoms with Crippen molar-refractivity contribution < 1.29 is 16.8 Å². The molecule has 36 heavy (non-hydrogen) atoms. The van der Waals surface area contributed by atoms with Crippen molar-refractivity contribution in [1.82, 2.24) is 0 Å². The summed E-state index contributed by atoms with van der Waals surface area (Å²) < 4.78 is 54.7. The highest BCUT2D eigenvalue weighted by atomic mass is 32.2. The van der Waals surface area contributed by atoms with E-state index in [2.05, 4.69) is 47.6 Å². The Bertz CT molecular complexity index is 1410. The number of fused-ring (bicyclic) bond motifs is 2. The number of benzene rings is 2. The van der Waals surface area contributed by atoms with Gasteiger partial charge in [0.1, 0.15) is 0 Å². The van der Waals surface area contributed by atoms with E-state index in [1.807, 2.05) is 37.3 Å². The van der Waals surface area contributed by atoms with E-state index in [9.17, 15) is 16.8 Å². The molecule has 0 saturated heterocycles. The monoisotopic (exact) mass is 532 g/mol. The van der Waals surface area contributed by atoms with Gasteiger partial charge in [0.05, 0.1) is 23.9 Å². The van der Waals surface area contributed by atoms with Gasteiger partial charge in [-0.3, -0.25) is 8.61 Å². The molecule has 0 spiro atoms. The molecule has 4 rings (SSSR count). The predicted molar refractivity (Wildman–Crippen MR) is 149 cm³/mol. The number of hydrogen-bond donors (Lipinski definition) is 0. The molecule has 2 aromatic carbocycles. The zero-order valence-electron chi connectivity index (χ0n) is 23.0. The van der Waals surface area contributed by atoms with Gasteiger partial charge in [-0.25, -0.2) is 16.8 Å². The minimum Gasteiger partial charge on any atom is -0.269 e. The molecule has 2 aliphatic heterocycles. The molecule has 0 N–H and O–H groups in total. The van der Waals surface area contributed by atoms with E-state index in [-0.39, 0.29) is 23.3 Å². The van der Waals surface area contributed by atoms with Gasteiger partial charge < -0.3 is 0 Å². The number of hydrogen-bond acceptors (Lipinski definition) is 4. The quantitative estimate of drug-likeness (QED) is 0.511. The third kappa shape index (κ3) is 4.44. The molecule has 198 valence electrons. The van der Waals surface area contributed by atoms with Crippen LogP contribution in [0.3, 0.4) is 0 Å². The van der Waals surface area contributed by atoms with Crippen molar-refractivity contribution in [2.45, 2.75) is 83.6 Å². The Morgan fingerprint density at radius 3 is 1.89 bits per heavy atom. The molecule has 6 nitrogen and oxygen atoms in total. The fourth-order valence-electron chi connectivity index (χ4n) is 6.27. The lowest BCUT2D eigenvalue weighted by molar-refractivity contribution is 0.405. The first kappa shape index (κ1) is 27.0. The van der Waals surface area contributed by atoms with Crippen molar-refractivity contribution in [3.63, 3.8) is 0 Å². The van der Waals surface area contributed by atoms with Gasteiger partial charge in [0.15, 0.2) is 0 Å². The molecule has 0 saturated carbocycles. The lowest BCUT2D eigenvalue weighted by atomic mass is 9.72. The highest BCUT2D eigenvalue weighted by Crippen LogP contribution is 2.53. The van der Waals surface area contributed by atoms with Gasteiger partial charge >= 0.3 is 0 Å². The van der Waals surface area contributed by atoms with Crippen LogP contribution in [0.1, 0.15) is 89.0 Å². The maximum absolute atomic E-state index is 13.1. The molecule has 0 amide bonds. The zero-order valence-corrected chi connectivity index (χ0v) is 24.6. The predicted octanol–water partition coefficient (Wildman–Crippen LogP) is 5.49. The van der Waals surface area contributed by atoms with Gasteiger partial charge in [-0.05, 0) is 46.4 Å². The summed E-state index contributed by atoms with van der Waals surface area (Å²) in [7, 11) is -6.92. The summed E-state index contributed by atoms with van der Waals surface area (Å²) >= 11 is 0. The fourth-order valence-corrected chi connectivity index (χ4v) is 8.59. The molecule has 0 aromatic heterocycles. The van der Waals surface area contributed by atoms with Crippen LogP contribution < -0.4 is 8.61 Å². The molecule has 0 radical (unpaired) electrons. The Labute approximate surface area is 217 Å². The van der Waals surface area contributed by atoms with Crippen molar-refractivity contribution >= 4 is 31.4 Å². The van der Waals surface area contributed by atoms with Crippen LogP contribution in [0.4, 0.5) is 11.4 Å². The minimum atomic E-state index is -3.50. The molecule has 3 atom stereocenters. The topological polar surface area (TPSA) is 74.8 Å². The van der Waals surface area contributed by atoms with Gasteiger partial charge in [0.25, 0.3) is 0 Å². The van der Waals surface area contributed by atoms with Gasteiger partial charge in [-0.2, -0.15) is 0 Å². The summed E-state index contributed by atoms with van der Waals surface area (Å²) in [4.78, 5) is 0. The van der Waals surface area contributed by atoms with Crippen molar-refractivity contribution in [3.05, 3.63) is 58.7 Å². The highest BCUT2D eigenvalue weighted by molar-refractivity contribution is 7.92. The van der Waals surface area contributed by atoms with Crippen LogP contribution in [-0.2, 0) is 30.9 Å². The molecular weight excluding hydrogens is 492 g/mol. The smallest absolute Gasteiger partial charge is 0.232 e. The van der Waals surface area contributed by atoms with Gasteiger partial charge in [0, 0.05) is 24.4 Å². The fraction of sp³-hybridized carbons (Fsp3) is 0.571. The van der Waals surface area contributed by atoms with Crippen LogP contribution in [0.25, 0.3) is 0 Å². The van der Waals surface area contributed by atoms with Gasteiger partial charge in [0.2, 0.25) is 20.0 Å². The summed E-state index contributed by atoms with van der Waals surface area (Å²) in [5, 5.41) is 0. The Hall–Kier alpha value is -2.06. The van der Waals surface area contributed by atoms with E-state index < -0.39 is 25.5 Å². The molecule has 0 fully saturated rings. The van der Waals surface area contributed by atoms with E-state index in [1.165, 1.54) is 12.5 Å². The molecule has 0 bridgehead atoms. The van der Waals surface area contributed by atoms with E-state index in [1.54, 1.807) is 8.61 Å². The van der Waals surface area contributed by atoms with Crippen molar-refractivity contribution in [2.75, 3.05) is 27.7 Å². The SMILES string of the molecule is CC1CN(S(C)(=O)=O)c2c1cccc2C(C)(C)CC1c2cccc(C(C)(C)C)c2N(S(C)(=O)=O)C1C. The standard InChI is InChI=1S/C28H40N2O4S2/c1-18-17-29(35(8,31)32)25-20(18)12-10-15-24(25)28(6,7)16-22-19(2)30(36(9,33)34)26-21(22)13-11-14-23(26)27(3,4)5/h10-15,18-19,22H,16-17H2,1-9H3. The number of sulfonamides is 2. The van der Waals surface area contributed by atoms with Crippen LogP contribution >= 0.6 is 0 Å². The van der Waals surface area contributed by atoms with E-state index >= 15 is 0 Å². The Kier molecular flexibility index (Phi) is 6.36. The van der Waals surface area contributed by atoms with Crippen molar-refractivity contribution in [3.8, 4) is 0 Å². The molecule has 0 aliphatic carbocycles. The van der Waals surface area contributed by atoms with E-state index in [4.69, 9.17) is 0 Å². The Morgan fingerprint density at radius 2 is 1.36 bits per heavy atom. The molecule has 2 aromatic rings. The lowest BCUT2D eigenvalue weighted by Crippen LogP contribution is -2.39. The third-order valence-corrected chi connectivity index (χ3v) is 10.3. The second-order valence-electron chi connectivity index (χ2n) is 12.4. The third-order valence-electron chi connectivity index (χ3n) is 7.95. The largest absolute Gasteiger partial charge is 0.269 e. The summed E-state index contributed by atoms with van der Waals surface area (Å²) in [5.41, 5.74) is 5.11. The molecule has 2 aliphatic rings. The van der Waals surface area contributed by atoms with Crippen LogP contribution in [-0.4, -0.2) is 41.9 Å². The first-order chi connectivity index (χ1) is 16.4. The first-order valence-corrected chi connectivity index (χ1v) is 16.3. The second kappa shape index (κ2) is 8.48. The number of nitrogens with zero attached hydrogens (tertiary/aromatic N) is 2. The van der Waals surface area contributed by atoms with Crippen LogP contribution in [0.5, 0.6) is 0 Å². The maximum Gasteiger partial charge on any atom is 0.232 e. The maximum atomic E-state index is 13.1. The average Bonchev–Trinajstić information content (AvgIpc) is 3.21. The zero-order chi connectivity index (χ0) is 27.0. The van der Waals surface area contributed by atoms with Crippen molar-refractivity contribution in [1.29, 1.82) is 0 Å². The summed E-state index contributed by atoms with van der Waals surface area (Å²) in [5.74, 6) is 0.0834.